The van der Waals surface area contributed by atoms with Gasteiger partial charge in [0.25, 0.3) is 5.91 Å². The number of amides is 1. The van der Waals surface area contributed by atoms with Crippen molar-refractivity contribution in [2.24, 2.45) is 0 Å². The maximum atomic E-state index is 12.4. The van der Waals surface area contributed by atoms with Gasteiger partial charge < -0.3 is 10.2 Å². The van der Waals surface area contributed by atoms with Crippen LogP contribution >= 0.6 is 0 Å². The van der Waals surface area contributed by atoms with E-state index in [0.29, 0.717) is 5.56 Å². The van der Waals surface area contributed by atoms with Gasteiger partial charge in [0.15, 0.2) is 5.78 Å². The molecule has 6 nitrogen and oxygen atoms in total. The van der Waals surface area contributed by atoms with Crippen LogP contribution in [-0.2, 0) is 4.79 Å². The molecule has 1 aliphatic heterocycles. The lowest BCUT2D eigenvalue weighted by Crippen LogP contribution is -2.43. The molecular weight excluding hydrogens is 354 g/mol. The van der Waals surface area contributed by atoms with Crippen LogP contribution in [0.4, 0.5) is 5.69 Å². The van der Waals surface area contributed by atoms with E-state index < -0.39 is 5.91 Å². The van der Waals surface area contributed by atoms with E-state index in [9.17, 15) is 9.59 Å². The summed E-state index contributed by atoms with van der Waals surface area (Å²) in [5.74, 6) is -0.659. The highest BCUT2D eigenvalue weighted by molar-refractivity contribution is 6.07. The zero-order chi connectivity index (χ0) is 19.8. The lowest BCUT2D eigenvalue weighted by atomic mass is 10.1. The summed E-state index contributed by atoms with van der Waals surface area (Å²) in [6, 6.07) is 15.1. The van der Waals surface area contributed by atoms with Crippen LogP contribution < -0.4 is 15.7 Å². The fourth-order valence-electron chi connectivity index (χ4n) is 3.00. The molecule has 144 valence electrons. The van der Waals surface area contributed by atoms with E-state index in [1.807, 2.05) is 48.5 Å². The van der Waals surface area contributed by atoms with Gasteiger partial charge in [-0.2, -0.15) is 0 Å². The van der Waals surface area contributed by atoms with E-state index in [0.717, 1.165) is 43.0 Å². The first kappa shape index (κ1) is 19.5. The van der Waals surface area contributed by atoms with Gasteiger partial charge in [-0.25, -0.2) is 5.48 Å². The molecule has 2 aromatic carbocycles. The van der Waals surface area contributed by atoms with E-state index in [4.69, 9.17) is 5.21 Å². The Balaban J connectivity index is 1.64. The monoisotopic (exact) mass is 377 g/mol. The third-order valence-electron chi connectivity index (χ3n) is 4.51. The number of ketones is 1. The molecule has 0 unspecified atom stereocenters. The predicted molar refractivity (Wildman–Crippen MR) is 110 cm³/mol. The molecule has 3 rings (SSSR count). The standard InChI is InChI=1S/C22H23N3O3/c26-21(19-6-8-20(9-7-19)25-14-12-23-13-15-25)10-4-17-2-1-3-18(16-17)5-11-22(27)24-28/h1-11,16,23,28H,12-15H2,(H,24,27). The summed E-state index contributed by atoms with van der Waals surface area (Å²) >= 11 is 0. The van der Waals surface area contributed by atoms with Gasteiger partial charge in [0.2, 0.25) is 0 Å². The number of rotatable bonds is 6. The van der Waals surface area contributed by atoms with Crippen molar-refractivity contribution >= 4 is 29.5 Å². The number of carbonyl (C=O) groups excluding carboxylic acids is 2. The molecule has 0 aliphatic carbocycles. The third-order valence-corrected chi connectivity index (χ3v) is 4.51. The van der Waals surface area contributed by atoms with Crippen molar-refractivity contribution in [1.29, 1.82) is 0 Å². The Morgan fingerprint density at radius 1 is 0.964 bits per heavy atom. The molecule has 28 heavy (non-hydrogen) atoms. The Morgan fingerprint density at radius 3 is 2.25 bits per heavy atom. The lowest BCUT2D eigenvalue weighted by molar-refractivity contribution is -0.124. The maximum absolute atomic E-state index is 12.4. The fraction of sp³-hybridized carbons (Fsp3) is 0.182. The molecule has 2 aromatic rings. The molecule has 1 amide bonds. The summed E-state index contributed by atoms with van der Waals surface area (Å²) in [4.78, 5) is 25.8. The minimum absolute atomic E-state index is 0.0625. The van der Waals surface area contributed by atoms with Crippen LogP contribution in [0.2, 0.25) is 0 Å². The molecule has 1 aliphatic rings. The average Bonchev–Trinajstić information content (AvgIpc) is 2.76. The zero-order valence-electron chi connectivity index (χ0n) is 15.5. The highest BCUT2D eigenvalue weighted by atomic mass is 16.5. The number of hydrogen-bond acceptors (Lipinski definition) is 5. The van der Waals surface area contributed by atoms with Gasteiger partial charge in [-0.05, 0) is 53.6 Å². The van der Waals surface area contributed by atoms with E-state index >= 15 is 0 Å². The number of piperazine rings is 1. The Morgan fingerprint density at radius 2 is 1.61 bits per heavy atom. The first-order valence-corrected chi connectivity index (χ1v) is 9.16. The molecule has 0 bridgehead atoms. The lowest BCUT2D eigenvalue weighted by Gasteiger charge is -2.29. The smallest absolute Gasteiger partial charge is 0.267 e. The number of carbonyl (C=O) groups is 2. The van der Waals surface area contributed by atoms with Crippen LogP contribution in [-0.4, -0.2) is 43.1 Å². The Bertz CT molecular complexity index is 882. The minimum Gasteiger partial charge on any atom is -0.369 e. The quantitative estimate of drug-likeness (QED) is 0.312. The molecule has 1 fully saturated rings. The number of nitrogens with zero attached hydrogens (tertiary/aromatic N) is 1. The van der Waals surface area contributed by atoms with Crippen molar-refractivity contribution in [3.8, 4) is 0 Å². The Hall–Kier alpha value is -3.22. The van der Waals surface area contributed by atoms with E-state index in [-0.39, 0.29) is 5.78 Å². The zero-order valence-corrected chi connectivity index (χ0v) is 15.5. The highest BCUT2D eigenvalue weighted by Gasteiger charge is 2.10. The number of anilines is 1. The number of benzene rings is 2. The highest BCUT2D eigenvalue weighted by Crippen LogP contribution is 2.17. The SMILES string of the molecule is O=C(C=Cc1cccc(C=CC(=O)c2ccc(N3CCNCC3)cc2)c1)NO. The fourth-order valence-corrected chi connectivity index (χ4v) is 3.00. The van der Waals surface area contributed by atoms with Gasteiger partial charge in [0, 0.05) is 43.5 Å². The number of hydrogen-bond donors (Lipinski definition) is 3. The predicted octanol–water partition coefficient (Wildman–Crippen LogP) is 2.51. The summed E-state index contributed by atoms with van der Waals surface area (Å²) < 4.78 is 0. The Kier molecular flexibility index (Phi) is 6.73. The molecule has 1 heterocycles. The van der Waals surface area contributed by atoms with Crippen LogP contribution in [0.15, 0.2) is 60.7 Å². The second-order valence-electron chi connectivity index (χ2n) is 6.46. The normalized spacial score (nSPS) is 14.5. The largest absolute Gasteiger partial charge is 0.369 e. The van der Waals surface area contributed by atoms with E-state index in [2.05, 4.69) is 10.2 Å². The molecule has 0 saturated carbocycles. The van der Waals surface area contributed by atoms with Crippen molar-refractivity contribution in [1.82, 2.24) is 10.8 Å². The van der Waals surface area contributed by atoms with Crippen molar-refractivity contribution in [3.63, 3.8) is 0 Å². The molecule has 0 atom stereocenters. The summed E-state index contributed by atoms with van der Waals surface area (Å²) in [5, 5.41) is 11.8. The third kappa shape index (κ3) is 5.39. The van der Waals surface area contributed by atoms with Gasteiger partial charge in [0.1, 0.15) is 0 Å². The van der Waals surface area contributed by atoms with E-state index in [1.54, 1.807) is 23.7 Å². The van der Waals surface area contributed by atoms with Crippen LogP contribution in [0.3, 0.4) is 0 Å². The molecule has 0 spiro atoms. The van der Waals surface area contributed by atoms with Gasteiger partial charge in [-0.1, -0.05) is 24.3 Å². The summed E-state index contributed by atoms with van der Waals surface area (Å²) in [6.45, 7) is 3.89. The van der Waals surface area contributed by atoms with Crippen molar-refractivity contribution in [2.45, 2.75) is 0 Å². The molecule has 3 N–H and O–H groups in total. The maximum Gasteiger partial charge on any atom is 0.267 e. The van der Waals surface area contributed by atoms with Gasteiger partial charge in [0.05, 0.1) is 0 Å². The van der Waals surface area contributed by atoms with Gasteiger partial charge >= 0.3 is 0 Å². The van der Waals surface area contributed by atoms with Crippen molar-refractivity contribution in [2.75, 3.05) is 31.1 Å². The summed E-state index contributed by atoms with van der Waals surface area (Å²) in [6.07, 6.45) is 6.10. The first-order chi connectivity index (χ1) is 13.7. The second-order valence-corrected chi connectivity index (χ2v) is 6.46. The molecule has 1 saturated heterocycles. The molecule has 0 radical (unpaired) electrons. The average molecular weight is 377 g/mol. The summed E-state index contributed by atoms with van der Waals surface area (Å²) in [7, 11) is 0. The number of hydroxylamine groups is 1. The minimum atomic E-state index is -0.597. The van der Waals surface area contributed by atoms with Crippen LogP contribution in [0.5, 0.6) is 0 Å². The van der Waals surface area contributed by atoms with Crippen molar-refractivity contribution in [3.05, 3.63) is 77.4 Å². The summed E-state index contributed by atoms with van der Waals surface area (Å²) in [5.41, 5.74) is 4.95. The molecular formula is C22H23N3O3. The number of nitrogens with one attached hydrogen (secondary N) is 2. The van der Waals surface area contributed by atoms with Gasteiger partial charge in [-0.15, -0.1) is 0 Å². The molecule has 6 heteroatoms. The van der Waals surface area contributed by atoms with Crippen LogP contribution in [0, 0.1) is 0 Å². The molecule has 0 aromatic heterocycles. The topological polar surface area (TPSA) is 81.7 Å². The van der Waals surface area contributed by atoms with Crippen LogP contribution in [0.25, 0.3) is 12.2 Å². The second kappa shape index (κ2) is 9.64. The first-order valence-electron chi connectivity index (χ1n) is 9.16. The van der Waals surface area contributed by atoms with E-state index in [1.165, 1.54) is 6.08 Å². The van der Waals surface area contributed by atoms with Crippen molar-refractivity contribution < 1.29 is 14.8 Å². The Labute approximate surface area is 164 Å². The number of allylic oxidation sites excluding steroid dienone is 1. The van der Waals surface area contributed by atoms with Gasteiger partial charge in [-0.3, -0.25) is 14.8 Å². The van der Waals surface area contributed by atoms with Crippen LogP contribution in [0.1, 0.15) is 21.5 Å².